The lowest BCUT2D eigenvalue weighted by atomic mass is 10.0. The van der Waals surface area contributed by atoms with E-state index in [0.717, 1.165) is 37.6 Å². The molecule has 0 radical (unpaired) electrons. The van der Waals surface area contributed by atoms with Crippen molar-refractivity contribution in [1.82, 2.24) is 20.4 Å². The lowest BCUT2D eigenvalue weighted by molar-refractivity contribution is 0.220. The smallest absolute Gasteiger partial charge is 0.151 e. The van der Waals surface area contributed by atoms with Gasteiger partial charge < -0.3 is 15.1 Å². The molecule has 118 valence electrons. The highest BCUT2D eigenvalue weighted by atomic mass is 15.3. The average molecular weight is 291 g/mol. The van der Waals surface area contributed by atoms with E-state index in [0.29, 0.717) is 6.04 Å². The third-order valence-corrected chi connectivity index (χ3v) is 4.35. The molecule has 0 aliphatic carbocycles. The van der Waals surface area contributed by atoms with Crippen LogP contribution in [0.5, 0.6) is 0 Å². The Bertz CT molecular complexity index is 398. The quantitative estimate of drug-likeness (QED) is 0.777. The minimum absolute atomic E-state index is 0.589. The molecule has 1 aromatic heterocycles. The summed E-state index contributed by atoms with van der Waals surface area (Å²) in [6.07, 6.45) is 3.57. The van der Waals surface area contributed by atoms with Gasteiger partial charge in [0.05, 0.1) is 5.69 Å². The Morgan fingerprint density at radius 1 is 1.24 bits per heavy atom. The number of piperidine rings is 1. The standard InChI is InChI=1S/C16H29N5/c1-4-10-17-13-14-6-7-16(19-18-14)20(3)15-8-11-21(5-2)12-9-15/h6-7,15,17H,4-5,8-13H2,1-3H3. The van der Waals surface area contributed by atoms with Crippen molar-refractivity contribution in [2.75, 3.05) is 38.1 Å². The van der Waals surface area contributed by atoms with Gasteiger partial charge >= 0.3 is 0 Å². The molecular formula is C16H29N5. The van der Waals surface area contributed by atoms with Crippen LogP contribution in [0, 0.1) is 0 Å². The van der Waals surface area contributed by atoms with E-state index >= 15 is 0 Å². The molecule has 1 aromatic rings. The van der Waals surface area contributed by atoms with Gasteiger partial charge in [0.25, 0.3) is 0 Å². The summed E-state index contributed by atoms with van der Waals surface area (Å²) in [4.78, 5) is 4.81. The summed E-state index contributed by atoms with van der Waals surface area (Å²) in [5, 5.41) is 12.1. The van der Waals surface area contributed by atoms with Crippen molar-refractivity contribution in [2.24, 2.45) is 0 Å². The van der Waals surface area contributed by atoms with Crippen LogP contribution in [0.4, 0.5) is 5.82 Å². The van der Waals surface area contributed by atoms with Gasteiger partial charge in [-0.25, -0.2) is 0 Å². The third-order valence-electron chi connectivity index (χ3n) is 4.35. The van der Waals surface area contributed by atoms with Crippen molar-refractivity contribution in [3.63, 3.8) is 0 Å². The summed E-state index contributed by atoms with van der Waals surface area (Å²) in [7, 11) is 2.14. The summed E-state index contributed by atoms with van der Waals surface area (Å²) in [5.74, 6) is 0.990. The molecule has 1 aliphatic heterocycles. The number of hydrogen-bond acceptors (Lipinski definition) is 5. The van der Waals surface area contributed by atoms with Crippen LogP contribution < -0.4 is 10.2 Å². The van der Waals surface area contributed by atoms with Crippen LogP contribution >= 0.6 is 0 Å². The van der Waals surface area contributed by atoms with Crippen LogP contribution in [0.2, 0.25) is 0 Å². The van der Waals surface area contributed by atoms with E-state index in [2.05, 4.69) is 58.3 Å². The van der Waals surface area contributed by atoms with Crippen LogP contribution in [0.3, 0.4) is 0 Å². The highest BCUT2D eigenvalue weighted by Gasteiger charge is 2.22. The first-order chi connectivity index (χ1) is 10.2. The largest absolute Gasteiger partial charge is 0.355 e. The fourth-order valence-electron chi connectivity index (χ4n) is 2.84. The van der Waals surface area contributed by atoms with E-state index < -0.39 is 0 Å². The fraction of sp³-hybridized carbons (Fsp3) is 0.750. The first-order valence-electron chi connectivity index (χ1n) is 8.23. The Morgan fingerprint density at radius 3 is 2.57 bits per heavy atom. The van der Waals surface area contributed by atoms with Crippen molar-refractivity contribution in [3.8, 4) is 0 Å². The van der Waals surface area contributed by atoms with E-state index in [4.69, 9.17) is 0 Å². The van der Waals surface area contributed by atoms with Gasteiger partial charge in [-0.15, -0.1) is 5.10 Å². The maximum absolute atomic E-state index is 4.39. The predicted molar refractivity (Wildman–Crippen MR) is 87.6 cm³/mol. The maximum Gasteiger partial charge on any atom is 0.151 e. The SMILES string of the molecule is CCCNCc1ccc(N(C)C2CCN(CC)CC2)nn1. The second-order valence-corrected chi connectivity index (χ2v) is 5.84. The van der Waals surface area contributed by atoms with E-state index in [9.17, 15) is 0 Å². The van der Waals surface area contributed by atoms with Gasteiger partial charge in [0.15, 0.2) is 5.82 Å². The molecule has 1 N–H and O–H groups in total. The molecule has 5 heteroatoms. The van der Waals surface area contributed by atoms with Crippen molar-refractivity contribution in [2.45, 2.75) is 45.7 Å². The number of nitrogens with one attached hydrogen (secondary N) is 1. The number of likely N-dealkylation sites (tertiary alicyclic amines) is 1. The lowest BCUT2D eigenvalue weighted by Gasteiger charge is -2.36. The van der Waals surface area contributed by atoms with E-state index in [-0.39, 0.29) is 0 Å². The Kier molecular flexibility index (Phi) is 6.39. The Labute approximate surface area is 128 Å². The van der Waals surface area contributed by atoms with Crippen LogP contribution in [0.25, 0.3) is 0 Å². The summed E-state index contributed by atoms with van der Waals surface area (Å²) < 4.78 is 0. The minimum Gasteiger partial charge on any atom is -0.355 e. The highest BCUT2D eigenvalue weighted by molar-refractivity contribution is 5.37. The van der Waals surface area contributed by atoms with Gasteiger partial charge in [-0.1, -0.05) is 13.8 Å². The number of anilines is 1. The average Bonchev–Trinajstić information content (AvgIpc) is 2.55. The summed E-state index contributed by atoms with van der Waals surface area (Å²) in [6, 6.07) is 4.77. The first kappa shape index (κ1) is 16.2. The predicted octanol–water partition coefficient (Wildman–Crippen LogP) is 1.90. The lowest BCUT2D eigenvalue weighted by Crippen LogP contribution is -2.43. The van der Waals surface area contributed by atoms with Gasteiger partial charge in [-0.05, 0) is 44.5 Å². The number of nitrogens with zero attached hydrogens (tertiary/aromatic N) is 4. The van der Waals surface area contributed by atoms with Crippen LogP contribution in [-0.4, -0.2) is 54.4 Å². The highest BCUT2D eigenvalue weighted by Crippen LogP contribution is 2.19. The molecule has 0 atom stereocenters. The molecule has 21 heavy (non-hydrogen) atoms. The molecule has 2 heterocycles. The van der Waals surface area contributed by atoms with Gasteiger partial charge in [-0.3, -0.25) is 0 Å². The van der Waals surface area contributed by atoms with Crippen molar-refractivity contribution in [3.05, 3.63) is 17.8 Å². The molecule has 0 bridgehead atoms. The van der Waals surface area contributed by atoms with E-state index in [1.165, 1.54) is 25.9 Å². The molecule has 2 rings (SSSR count). The maximum atomic E-state index is 4.39. The van der Waals surface area contributed by atoms with E-state index in [1.54, 1.807) is 0 Å². The van der Waals surface area contributed by atoms with Crippen molar-refractivity contribution in [1.29, 1.82) is 0 Å². The number of hydrogen-bond donors (Lipinski definition) is 1. The Morgan fingerprint density at radius 2 is 2.00 bits per heavy atom. The molecule has 0 saturated carbocycles. The normalized spacial score (nSPS) is 17.1. The van der Waals surface area contributed by atoms with Crippen LogP contribution in [0.15, 0.2) is 12.1 Å². The Hall–Kier alpha value is -1.20. The zero-order chi connectivity index (χ0) is 15.1. The summed E-state index contributed by atoms with van der Waals surface area (Å²) in [5.41, 5.74) is 1.02. The van der Waals surface area contributed by atoms with E-state index in [1.807, 2.05) is 0 Å². The Balaban J connectivity index is 1.86. The summed E-state index contributed by atoms with van der Waals surface area (Å²) in [6.45, 7) is 9.78. The van der Waals surface area contributed by atoms with Crippen molar-refractivity contribution >= 4 is 5.82 Å². The number of rotatable bonds is 7. The van der Waals surface area contributed by atoms with Crippen LogP contribution in [-0.2, 0) is 6.54 Å². The topological polar surface area (TPSA) is 44.3 Å². The molecule has 0 spiro atoms. The monoisotopic (exact) mass is 291 g/mol. The van der Waals surface area contributed by atoms with Crippen molar-refractivity contribution < 1.29 is 0 Å². The zero-order valence-corrected chi connectivity index (χ0v) is 13.7. The van der Waals surface area contributed by atoms with Gasteiger partial charge in [-0.2, -0.15) is 5.10 Å². The third kappa shape index (κ3) is 4.64. The zero-order valence-electron chi connectivity index (χ0n) is 13.7. The first-order valence-corrected chi connectivity index (χ1v) is 8.23. The molecular weight excluding hydrogens is 262 g/mol. The van der Waals surface area contributed by atoms with Gasteiger partial charge in [0, 0.05) is 32.7 Å². The molecule has 5 nitrogen and oxygen atoms in total. The molecule has 0 unspecified atom stereocenters. The molecule has 1 aliphatic rings. The van der Waals surface area contributed by atoms with Gasteiger partial charge in [0.2, 0.25) is 0 Å². The fourth-order valence-corrected chi connectivity index (χ4v) is 2.84. The van der Waals surface area contributed by atoms with Crippen LogP contribution in [0.1, 0.15) is 38.8 Å². The second kappa shape index (κ2) is 8.29. The molecule has 1 saturated heterocycles. The molecule has 0 amide bonds. The molecule has 0 aromatic carbocycles. The number of aromatic nitrogens is 2. The van der Waals surface area contributed by atoms with Gasteiger partial charge in [0.1, 0.15) is 0 Å². The molecule has 1 fully saturated rings. The second-order valence-electron chi connectivity index (χ2n) is 5.84. The summed E-state index contributed by atoms with van der Waals surface area (Å²) >= 11 is 0. The minimum atomic E-state index is 0.589.